The summed E-state index contributed by atoms with van der Waals surface area (Å²) < 4.78 is 35.2. The van der Waals surface area contributed by atoms with Crippen LogP contribution in [-0.2, 0) is 16.7 Å². The van der Waals surface area contributed by atoms with Gasteiger partial charge in [-0.25, -0.2) is 17.4 Å². The van der Waals surface area contributed by atoms with Crippen LogP contribution < -0.4 is 13.9 Å². The Morgan fingerprint density at radius 3 is 2.53 bits per heavy atom. The van der Waals surface area contributed by atoms with Crippen molar-refractivity contribution in [3.63, 3.8) is 0 Å². The average Bonchev–Trinajstić information content (AvgIpc) is 3.36. The molecule has 0 bridgehead atoms. The highest BCUT2D eigenvalue weighted by Gasteiger charge is 2.35. The predicted octanol–water partition coefficient (Wildman–Crippen LogP) is 3.07. The summed E-state index contributed by atoms with van der Waals surface area (Å²) in [6.07, 6.45) is 0. The van der Waals surface area contributed by atoms with E-state index in [0.29, 0.717) is 18.1 Å². The minimum Gasteiger partial charge on any atom is -0.497 e. The highest BCUT2D eigenvalue weighted by atomic mass is 32.2. The van der Waals surface area contributed by atoms with Crippen LogP contribution in [0.2, 0.25) is 0 Å². The quantitative estimate of drug-likeness (QED) is 0.493. The molecular formula is C21H19N5O3S. The minimum atomic E-state index is -3.72. The lowest BCUT2D eigenvalue weighted by molar-refractivity contribution is 0.415. The van der Waals surface area contributed by atoms with Crippen LogP contribution in [0.25, 0.3) is 11.0 Å². The Labute approximate surface area is 174 Å². The highest BCUT2D eigenvalue weighted by Crippen LogP contribution is 2.41. The van der Waals surface area contributed by atoms with Crippen LogP contribution in [0, 0.1) is 0 Å². The summed E-state index contributed by atoms with van der Waals surface area (Å²) in [5.41, 5.74) is 3.03. The van der Waals surface area contributed by atoms with Crippen LogP contribution in [0.3, 0.4) is 0 Å². The zero-order valence-electron chi connectivity index (χ0n) is 16.2. The molecule has 1 aromatic heterocycles. The number of methoxy groups -OCH3 is 1. The first-order chi connectivity index (χ1) is 14.6. The van der Waals surface area contributed by atoms with Crippen LogP contribution in [0.1, 0.15) is 0 Å². The van der Waals surface area contributed by atoms with Gasteiger partial charge in [-0.3, -0.25) is 0 Å². The summed E-state index contributed by atoms with van der Waals surface area (Å²) in [4.78, 5) is 2.19. The van der Waals surface area contributed by atoms with Gasteiger partial charge < -0.3 is 9.64 Å². The van der Waals surface area contributed by atoms with Gasteiger partial charge >= 0.3 is 0 Å². The molecule has 0 aliphatic carbocycles. The molecule has 1 aliphatic rings. The highest BCUT2D eigenvalue weighted by molar-refractivity contribution is 7.92. The van der Waals surface area contributed by atoms with Crippen molar-refractivity contribution >= 4 is 32.4 Å². The molecular weight excluding hydrogens is 402 g/mol. The molecule has 9 heteroatoms. The van der Waals surface area contributed by atoms with E-state index in [1.165, 1.54) is 4.31 Å². The van der Waals surface area contributed by atoms with Gasteiger partial charge in [0.25, 0.3) is 10.0 Å². The maximum absolute atomic E-state index is 13.3. The van der Waals surface area contributed by atoms with E-state index in [2.05, 4.69) is 10.3 Å². The normalized spacial score (nSPS) is 13.6. The van der Waals surface area contributed by atoms with Gasteiger partial charge in [-0.15, -0.1) is 5.10 Å². The summed E-state index contributed by atoms with van der Waals surface area (Å²) >= 11 is 0. The standard InChI is InChI=1S/C21H19N5O3S/c1-29-16-11-12-20-21(13-16)24(14-25-19-10-6-5-9-18(19)22-23-25)15-26(20)30(27,28)17-7-3-2-4-8-17/h2-13H,14-15H2,1H3. The third-order valence-electron chi connectivity index (χ3n) is 5.15. The molecule has 0 spiro atoms. The van der Waals surface area contributed by atoms with E-state index in [4.69, 9.17) is 4.74 Å². The van der Waals surface area contributed by atoms with E-state index < -0.39 is 10.0 Å². The topological polar surface area (TPSA) is 80.6 Å². The summed E-state index contributed by atoms with van der Waals surface area (Å²) in [7, 11) is -2.13. The second kappa shape index (κ2) is 7.03. The maximum Gasteiger partial charge on any atom is 0.265 e. The number of nitrogens with zero attached hydrogens (tertiary/aromatic N) is 5. The Balaban J connectivity index is 1.57. The third-order valence-corrected chi connectivity index (χ3v) is 6.91. The van der Waals surface area contributed by atoms with Gasteiger partial charge in [0.05, 0.1) is 28.9 Å². The van der Waals surface area contributed by atoms with Crippen LogP contribution in [0.4, 0.5) is 11.4 Å². The first-order valence-corrected chi connectivity index (χ1v) is 10.8. The Hall–Kier alpha value is -3.59. The van der Waals surface area contributed by atoms with Crippen LogP contribution in [-0.4, -0.2) is 37.2 Å². The Kier molecular flexibility index (Phi) is 4.32. The monoisotopic (exact) mass is 421 g/mol. The van der Waals surface area contributed by atoms with Crippen molar-refractivity contribution in [3.05, 3.63) is 72.8 Å². The zero-order valence-corrected chi connectivity index (χ0v) is 17.0. The Bertz CT molecular complexity index is 1320. The van der Waals surface area contributed by atoms with Gasteiger partial charge in [-0.2, -0.15) is 0 Å². The summed E-state index contributed by atoms with van der Waals surface area (Å²) in [6.45, 7) is 0.509. The number of hydrogen-bond acceptors (Lipinski definition) is 6. The molecule has 2 heterocycles. The largest absolute Gasteiger partial charge is 0.497 e. The second-order valence-corrected chi connectivity index (χ2v) is 8.78. The van der Waals surface area contributed by atoms with E-state index >= 15 is 0 Å². The fourth-order valence-electron chi connectivity index (χ4n) is 3.63. The SMILES string of the molecule is COc1ccc2c(c1)N(Cn1nnc3ccccc31)CN2S(=O)(=O)c1ccccc1. The number of benzene rings is 3. The van der Waals surface area contributed by atoms with E-state index in [-0.39, 0.29) is 11.6 Å². The second-order valence-electron chi connectivity index (χ2n) is 6.92. The van der Waals surface area contributed by atoms with Crippen molar-refractivity contribution in [1.29, 1.82) is 0 Å². The number of aromatic nitrogens is 3. The van der Waals surface area contributed by atoms with Gasteiger partial charge in [-0.05, 0) is 36.4 Å². The van der Waals surface area contributed by atoms with Gasteiger partial charge in [0, 0.05) is 6.07 Å². The van der Waals surface area contributed by atoms with Crippen molar-refractivity contribution in [2.24, 2.45) is 0 Å². The lowest BCUT2D eigenvalue weighted by Gasteiger charge is -2.21. The fraction of sp³-hybridized carbons (Fsp3) is 0.143. The molecule has 1 aliphatic heterocycles. The number of rotatable bonds is 5. The lowest BCUT2D eigenvalue weighted by atomic mass is 10.2. The Morgan fingerprint density at radius 1 is 0.967 bits per heavy atom. The molecule has 30 heavy (non-hydrogen) atoms. The van der Waals surface area contributed by atoms with Gasteiger partial charge in [0.1, 0.15) is 24.6 Å². The van der Waals surface area contributed by atoms with Crippen molar-refractivity contribution in [3.8, 4) is 5.75 Å². The van der Waals surface area contributed by atoms with Crippen molar-refractivity contribution < 1.29 is 13.2 Å². The molecule has 4 aromatic rings. The number of anilines is 2. The zero-order chi connectivity index (χ0) is 20.7. The molecule has 8 nitrogen and oxygen atoms in total. The van der Waals surface area contributed by atoms with E-state index in [1.54, 1.807) is 54.3 Å². The van der Waals surface area contributed by atoms with E-state index in [0.717, 1.165) is 16.7 Å². The summed E-state index contributed by atoms with van der Waals surface area (Å²) in [5.74, 6) is 0.654. The number of fused-ring (bicyclic) bond motifs is 2. The third kappa shape index (κ3) is 2.94. The lowest BCUT2D eigenvalue weighted by Crippen LogP contribution is -2.36. The number of ether oxygens (including phenoxy) is 1. The summed E-state index contributed by atoms with van der Waals surface area (Å²) in [5, 5.41) is 8.44. The van der Waals surface area contributed by atoms with Crippen LogP contribution in [0.5, 0.6) is 5.75 Å². The minimum absolute atomic E-state index is 0.161. The molecule has 0 atom stereocenters. The molecule has 0 N–H and O–H groups in total. The molecule has 3 aromatic carbocycles. The first-order valence-electron chi connectivity index (χ1n) is 9.37. The van der Waals surface area contributed by atoms with Crippen LogP contribution >= 0.6 is 0 Å². The molecule has 0 saturated heterocycles. The molecule has 0 amide bonds. The van der Waals surface area contributed by atoms with E-state index in [1.807, 2.05) is 35.2 Å². The van der Waals surface area contributed by atoms with Crippen LogP contribution in [0.15, 0.2) is 77.7 Å². The fourth-order valence-corrected chi connectivity index (χ4v) is 5.09. The maximum atomic E-state index is 13.3. The number of hydrogen-bond donors (Lipinski definition) is 0. The molecule has 0 unspecified atom stereocenters. The van der Waals surface area contributed by atoms with Gasteiger partial charge in [-0.1, -0.05) is 35.5 Å². The predicted molar refractivity (Wildman–Crippen MR) is 114 cm³/mol. The average molecular weight is 421 g/mol. The molecule has 5 rings (SSSR count). The molecule has 0 fully saturated rings. The van der Waals surface area contributed by atoms with E-state index in [9.17, 15) is 8.42 Å². The number of para-hydroxylation sites is 1. The van der Waals surface area contributed by atoms with Crippen molar-refractivity contribution in [2.75, 3.05) is 23.0 Å². The molecule has 0 radical (unpaired) electrons. The van der Waals surface area contributed by atoms with Gasteiger partial charge in [0.2, 0.25) is 0 Å². The van der Waals surface area contributed by atoms with Crippen molar-refractivity contribution in [1.82, 2.24) is 15.0 Å². The molecule has 152 valence electrons. The molecule has 0 saturated carbocycles. The first kappa shape index (κ1) is 18.4. The van der Waals surface area contributed by atoms with Gasteiger partial charge in [0.15, 0.2) is 0 Å². The Morgan fingerprint density at radius 2 is 1.73 bits per heavy atom. The summed E-state index contributed by atoms with van der Waals surface area (Å²) in [6, 6.07) is 21.5. The smallest absolute Gasteiger partial charge is 0.265 e. The van der Waals surface area contributed by atoms with Crippen molar-refractivity contribution in [2.45, 2.75) is 11.6 Å². The number of sulfonamides is 1.